The molecule has 0 fully saturated rings. The van der Waals surface area contributed by atoms with Crippen LogP contribution in [0.25, 0.3) is 0 Å². The van der Waals surface area contributed by atoms with Gasteiger partial charge in [0, 0.05) is 6.42 Å². The zero-order valence-corrected chi connectivity index (χ0v) is 25.7. The second-order valence-electron chi connectivity index (χ2n) is 9.15. The first kappa shape index (κ1) is 37.4. The Morgan fingerprint density at radius 2 is 1.00 bits per heavy atom. The van der Waals surface area contributed by atoms with E-state index in [0.717, 1.165) is 18.4 Å². The number of unbranched alkanes of at least 4 members (excludes halogenated alkanes) is 4. The van der Waals surface area contributed by atoms with Crippen LogP contribution in [0, 0.1) is 6.92 Å². The van der Waals surface area contributed by atoms with Gasteiger partial charge in [0.25, 0.3) is 10.1 Å². The third-order valence-corrected chi connectivity index (χ3v) is 6.94. The minimum Gasteiger partial charge on any atom is -0.463 e. The standard InChI is InChI=1S/C29H50O11S/c1-3-4-5-6-7-8-29(30)39-25-23-37-21-19-35-17-15-33-13-14-34-16-18-36-20-22-38-24-26-40-41(31,32)28-11-9-27(2)10-12-28/h9-12H,3-8,13-26H2,1-2H3. The smallest absolute Gasteiger partial charge is 0.305 e. The fourth-order valence-electron chi connectivity index (χ4n) is 3.34. The molecule has 41 heavy (non-hydrogen) atoms. The number of esters is 1. The summed E-state index contributed by atoms with van der Waals surface area (Å²) in [4.78, 5) is 11.7. The van der Waals surface area contributed by atoms with Crippen molar-refractivity contribution in [3.63, 3.8) is 0 Å². The molecule has 1 aromatic rings. The third kappa shape index (κ3) is 22.6. The molecule has 0 saturated carbocycles. The van der Waals surface area contributed by atoms with Crippen molar-refractivity contribution in [2.75, 3.05) is 92.5 Å². The molecule has 1 aromatic carbocycles. The molecule has 0 aliphatic rings. The third-order valence-electron chi connectivity index (χ3n) is 5.61. The van der Waals surface area contributed by atoms with E-state index in [-0.39, 0.29) is 30.7 Å². The molecule has 0 aromatic heterocycles. The molecule has 0 aliphatic carbocycles. The van der Waals surface area contributed by atoms with Crippen LogP contribution in [-0.4, -0.2) is 107 Å². The van der Waals surface area contributed by atoms with E-state index >= 15 is 0 Å². The van der Waals surface area contributed by atoms with Crippen molar-refractivity contribution in [3.05, 3.63) is 29.8 Å². The minimum atomic E-state index is -3.77. The van der Waals surface area contributed by atoms with Gasteiger partial charge in [-0.1, -0.05) is 50.3 Å². The van der Waals surface area contributed by atoms with Crippen molar-refractivity contribution in [1.82, 2.24) is 0 Å². The molecule has 0 unspecified atom stereocenters. The van der Waals surface area contributed by atoms with E-state index in [1.807, 2.05) is 6.92 Å². The number of ether oxygens (including phenoxy) is 7. The molecule has 238 valence electrons. The highest BCUT2D eigenvalue weighted by atomic mass is 32.2. The number of carbonyl (C=O) groups excluding carboxylic acids is 1. The Kier molecular flexibility index (Phi) is 23.7. The number of rotatable bonds is 29. The van der Waals surface area contributed by atoms with Crippen LogP contribution < -0.4 is 0 Å². The van der Waals surface area contributed by atoms with Crippen molar-refractivity contribution in [3.8, 4) is 0 Å². The number of hydrogen-bond donors (Lipinski definition) is 0. The highest BCUT2D eigenvalue weighted by Gasteiger charge is 2.14. The van der Waals surface area contributed by atoms with E-state index in [2.05, 4.69) is 6.92 Å². The highest BCUT2D eigenvalue weighted by Crippen LogP contribution is 2.13. The minimum absolute atomic E-state index is 0.0594. The van der Waals surface area contributed by atoms with E-state index in [1.54, 1.807) is 12.1 Å². The van der Waals surface area contributed by atoms with Crippen LogP contribution in [0.2, 0.25) is 0 Å². The monoisotopic (exact) mass is 606 g/mol. The molecule has 0 amide bonds. The van der Waals surface area contributed by atoms with Crippen LogP contribution in [0.1, 0.15) is 51.0 Å². The number of benzene rings is 1. The van der Waals surface area contributed by atoms with Crippen LogP contribution in [-0.2, 0) is 52.3 Å². The summed E-state index contributed by atoms with van der Waals surface area (Å²) in [5, 5.41) is 0. The first-order valence-electron chi connectivity index (χ1n) is 14.5. The summed E-state index contributed by atoms with van der Waals surface area (Å²) < 4.78 is 66.6. The molecule has 0 radical (unpaired) electrons. The van der Waals surface area contributed by atoms with E-state index in [0.29, 0.717) is 79.1 Å². The summed E-state index contributed by atoms with van der Waals surface area (Å²) >= 11 is 0. The molecule has 0 atom stereocenters. The molecule has 0 spiro atoms. The van der Waals surface area contributed by atoms with Gasteiger partial charge in [0.05, 0.1) is 90.8 Å². The Hall–Kier alpha value is -1.64. The van der Waals surface area contributed by atoms with E-state index in [1.165, 1.54) is 31.4 Å². The van der Waals surface area contributed by atoms with Crippen LogP contribution >= 0.6 is 0 Å². The second kappa shape index (κ2) is 26.0. The average Bonchev–Trinajstić information content (AvgIpc) is 2.95. The predicted octanol–water partition coefficient (Wildman–Crippen LogP) is 3.70. The lowest BCUT2D eigenvalue weighted by Gasteiger charge is -2.09. The summed E-state index contributed by atoms with van der Waals surface area (Å²) in [5.41, 5.74) is 0.975. The molecule has 0 saturated heterocycles. The Balaban J connectivity index is 1.74. The van der Waals surface area contributed by atoms with Crippen molar-refractivity contribution in [1.29, 1.82) is 0 Å². The zero-order chi connectivity index (χ0) is 29.9. The molecule has 0 aliphatic heterocycles. The first-order chi connectivity index (χ1) is 20.0. The molecular formula is C29H50O11S. The lowest BCUT2D eigenvalue weighted by atomic mass is 10.1. The van der Waals surface area contributed by atoms with Gasteiger partial charge < -0.3 is 33.2 Å². The molecule has 12 heteroatoms. The maximum absolute atomic E-state index is 12.1. The predicted molar refractivity (Wildman–Crippen MR) is 154 cm³/mol. The van der Waals surface area contributed by atoms with Crippen molar-refractivity contribution < 1.29 is 50.6 Å². The normalized spacial score (nSPS) is 11.7. The fraction of sp³-hybridized carbons (Fsp3) is 0.759. The topological polar surface area (TPSA) is 125 Å². The van der Waals surface area contributed by atoms with E-state index in [4.69, 9.17) is 37.3 Å². The van der Waals surface area contributed by atoms with Gasteiger partial charge in [-0.3, -0.25) is 8.98 Å². The Morgan fingerprint density at radius 3 is 1.46 bits per heavy atom. The maximum atomic E-state index is 12.1. The fourth-order valence-corrected chi connectivity index (χ4v) is 4.23. The van der Waals surface area contributed by atoms with Gasteiger partial charge in [-0.05, 0) is 25.5 Å². The summed E-state index contributed by atoms with van der Waals surface area (Å²) in [6.45, 7) is 9.05. The van der Waals surface area contributed by atoms with Gasteiger partial charge in [0.15, 0.2) is 0 Å². The van der Waals surface area contributed by atoms with Crippen LogP contribution in [0.4, 0.5) is 0 Å². The molecule has 11 nitrogen and oxygen atoms in total. The molecular weight excluding hydrogens is 556 g/mol. The van der Waals surface area contributed by atoms with Gasteiger partial charge in [0.2, 0.25) is 0 Å². The summed E-state index contributed by atoms with van der Waals surface area (Å²) in [6, 6.07) is 6.47. The van der Waals surface area contributed by atoms with Crippen LogP contribution in [0.3, 0.4) is 0 Å². The Labute approximate surface area is 246 Å². The largest absolute Gasteiger partial charge is 0.463 e. The van der Waals surface area contributed by atoms with Crippen LogP contribution in [0.15, 0.2) is 29.2 Å². The van der Waals surface area contributed by atoms with Gasteiger partial charge in [-0.25, -0.2) is 0 Å². The van der Waals surface area contributed by atoms with E-state index < -0.39 is 10.1 Å². The number of aryl methyl sites for hydroxylation is 1. The lowest BCUT2D eigenvalue weighted by molar-refractivity contribution is -0.145. The number of carbonyl (C=O) groups is 1. The number of hydrogen-bond acceptors (Lipinski definition) is 11. The molecule has 0 heterocycles. The van der Waals surface area contributed by atoms with E-state index in [9.17, 15) is 13.2 Å². The second-order valence-corrected chi connectivity index (χ2v) is 10.8. The van der Waals surface area contributed by atoms with Crippen molar-refractivity contribution >= 4 is 16.1 Å². The Morgan fingerprint density at radius 1 is 0.585 bits per heavy atom. The van der Waals surface area contributed by atoms with Crippen LogP contribution in [0.5, 0.6) is 0 Å². The highest BCUT2D eigenvalue weighted by molar-refractivity contribution is 7.86. The SMILES string of the molecule is CCCCCCCC(=O)OCCOCCOCCOCCOCCOCCOCCOS(=O)(=O)c1ccc(C)cc1. The summed E-state index contributed by atoms with van der Waals surface area (Å²) in [6.07, 6.45) is 6.03. The van der Waals surface area contributed by atoms with Gasteiger partial charge in [0.1, 0.15) is 6.61 Å². The lowest BCUT2D eigenvalue weighted by Crippen LogP contribution is -2.15. The van der Waals surface area contributed by atoms with Gasteiger partial charge >= 0.3 is 5.97 Å². The average molecular weight is 607 g/mol. The maximum Gasteiger partial charge on any atom is 0.305 e. The van der Waals surface area contributed by atoms with Gasteiger partial charge in [-0.2, -0.15) is 8.42 Å². The first-order valence-corrected chi connectivity index (χ1v) is 15.9. The molecule has 1 rings (SSSR count). The summed E-state index contributed by atoms with van der Waals surface area (Å²) in [7, 11) is -3.77. The molecule has 0 N–H and O–H groups in total. The van der Waals surface area contributed by atoms with Crippen molar-refractivity contribution in [2.24, 2.45) is 0 Å². The van der Waals surface area contributed by atoms with Crippen molar-refractivity contribution in [2.45, 2.75) is 57.3 Å². The Bertz CT molecular complexity index is 847. The zero-order valence-electron chi connectivity index (χ0n) is 24.9. The molecule has 0 bridgehead atoms. The van der Waals surface area contributed by atoms with Gasteiger partial charge in [-0.15, -0.1) is 0 Å². The summed E-state index contributed by atoms with van der Waals surface area (Å²) in [5.74, 6) is -0.158. The quantitative estimate of drug-likeness (QED) is 0.0753.